The van der Waals surface area contributed by atoms with Gasteiger partial charge in [-0.15, -0.1) is 0 Å². The van der Waals surface area contributed by atoms with Crippen LogP contribution >= 0.6 is 0 Å². The molecule has 128 valence electrons. The number of ether oxygens (including phenoxy) is 3. The van der Waals surface area contributed by atoms with E-state index in [2.05, 4.69) is 9.46 Å². The first kappa shape index (κ1) is 17.7. The Balaban J connectivity index is 1.83. The number of hydrogen-bond acceptors (Lipinski definition) is 6. The van der Waals surface area contributed by atoms with Crippen LogP contribution in [0.4, 0.5) is 0 Å². The minimum Gasteiger partial charge on any atom is -0.468 e. The average molecular weight is 335 g/mol. The third kappa shape index (κ3) is 4.65. The molecule has 0 aromatic heterocycles. The van der Waals surface area contributed by atoms with Crippen molar-refractivity contribution in [2.75, 3.05) is 32.7 Å². The molecule has 2 fully saturated rings. The van der Waals surface area contributed by atoms with Gasteiger partial charge in [-0.05, 0) is 38.0 Å². The van der Waals surface area contributed by atoms with Crippen molar-refractivity contribution in [1.82, 2.24) is 4.72 Å². The molecule has 0 aliphatic carbocycles. The van der Waals surface area contributed by atoms with Gasteiger partial charge in [0.25, 0.3) is 0 Å². The molecule has 2 aliphatic rings. The van der Waals surface area contributed by atoms with Crippen LogP contribution in [0.2, 0.25) is 0 Å². The highest BCUT2D eigenvalue weighted by molar-refractivity contribution is 7.89. The molecule has 0 aromatic rings. The van der Waals surface area contributed by atoms with Crippen LogP contribution in [0.3, 0.4) is 0 Å². The molecule has 0 saturated carbocycles. The van der Waals surface area contributed by atoms with E-state index < -0.39 is 22.0 Å². The van der Waals surface area contributed by atoms with E-state index >= 15 is 0 Å². The van der Waals surface area contributed by atoms with Crippen molar-refractivity contribution in [3.05, 3.63) is 0 Å². The molecule has 1 N–H and O–H groups in total. The molecule has 2 saturated heterocycles. The van der Waals surface area contributed by atoms with Gasteiger partial charge < -0.3 is 14.2 Å². The largest absolute Gasteiger partial charge is 0.468 e. The maximum Gasteiger partial charge on any atom is 0.323 e. The number of methoxy groups -OCH3 is 1. The van der Waals surface area contributed by atoms with Crippen LogP contribution in [-0.2, 0) is 29.0 Å². The minimum atomic E-state index is -3.58. The van der Waals surface area contributed by atoms with E-state index in [4.69, 9.17) is 9.47 Å². The van der Waals surface area contributed by atoms with Crippen molar-refractivity contribution in [3.63, 3.8) is 0 Å². The van der Waals surface area contributed by atoms with E-state index in [-0.39, 0.29) is 17.3 Å². The lowest BCUT2D eigenvalue weighted by Crippen LogP contribution is -2.46. The standard InChI is InChI=1S/C14H25NO6S/c1-11(13(16)19-2)15-22(17,18)9-12-3-4-14(10-21-12)5-7-20-8-6-14/h11-12,15H,3-10H2,1-2H3/t11-,12?/m1/s1. The van der Waals surface area contributed by atoms with Gasteiger partial charge in [-0.2, -0.15) is 0 Å². The summed E-state index contributed by atoms with van der Waals surface area (Å²) >= 11 is 0. The summed E-state index contributed by atoms with van der Waals surface area (Å²) in [6, 6.07) is -0.888. The third-order valence-corrected chi connectivity index (χ3v) is 6.01. The van der Waals surface area contributed by atoms with Gasteiger partial charge in [0.05, 0.1) is 25.6 Å². The first-order valence-electron chi connectivity index (χ1n) is 7.63. The van der Waals surface area contributed by atoms with Crippen molar-refractivity contribution in [2.24, 2.45) is 5.41 Å². The zero-order valence-electron chi connectivity index (χ0n) is 13.2. The molecule has 0 radical (unpaired) electrons. The lowest BCUT2D eigenvalue weighted by molar-refractivity contribution is -0.142. The Morgan fingerprint density at radius 1 is 1.36 bits per heavy atom. The monoisotopic (exact) mass is 335 g/mol. The molecule has 2 aliphatic heterocycles. The highest BCUT2D eigenvalue weighted by Crippen LogP contribution is 2.39. The third-order valence-electron chi connectivity index (χ3n) is 4.49. The summed E-state index contributed by atoms with van der Waals surface area (Å²) in [7, 11) is -2.35. The van der Waals surface area contributed by atoms with Crippen molar-refractivity contribution in [1.29, 1.82) is 0 Å². The number of carbonyl (C=O) groups is 1. The van der Waals surface area contributed by atoms with Gasteiger partial charge in [0.1, 0.15) is 6.04 Å². The van der Waals surface area contributed by atoms with Crippen LogP contribution in [0, 0.1) is 5.41 Å². The van der Waals surface area contributed by atoms with Crippen molar-refractivity contribution >= 4 is 16.0 Å². The van der Waals surface area contributed by atoms with Gasteiger partial charge >= 0.3 is 5.97 Å². The lowest BCUT2D eigenvalue weighted by atomic mass is 9.75. The first-order valence-corrected chi connectivity index (χ1v) is 9.28. The second-order valence-electron chi connectivity index (χ2n) is 6.23. The van der Waals surface area contributed by atoms with Crippen molar-refractivity contribution < 1.29 is 27.4 Å². The predicted molar refractivity (Wildman–Crippen MR) is 79.9 cm³/mol. The number of nitrogens with one attached hydrogen (secondary N) is 1. The Kier molecular flexibility index (Phi) is 5.81. The molecule has 1 spiro atoms. The van der Waals surface area contributed by atoms with E-state index in [1.54, 1.807) is 0 Å². The second-order valence-corrected chi connectivity index (χ2v) is 8.03. The Morgan fingerprint density at radius 3 is 2.59 bits per heavy atom. The van der Waals surface area contributed by atoms with Gasteiger partial charge in [-0.25, -0.2) is 13.1 Å². The number of rotatable bonds is 5. The fraction of sp³-hybridized carbons (Fsp3) is 0.929. The zero-order valence-corrected chi connectivity index (χ0v) is 14.0. The van der Waals surface area contributed by atoms with E-state index in [0.29, 0.717) is 13.0 Å². The summed E-state index contributed by atoms with van der Waals surface area (Å²) in [6.45, 7) is 3.56. The smallest absolute Gasteiger partial charge is 0.323 e. The maximum absolute atomic E-state index is 12.1. The van der Waals surface area contributed by atoms with Crippen LogP contribution < -0.4 is 4.72 Å². The maximum atomic E-state index is 12.1. The number of hydrogen-bond donors (Lipinski definition) is 1. The fourth-order valence-corrected chi connectivity index (χ4v) is 4.52. The highest BCUT2D eigenvalue weighted by atomic mass is 32.2. The molecule has 22 heavy (non-hydrogen) atoms. The highest BCUT2D eigenvalue weighted by Gasteiger charge is 2.38. The van der Waals surface area contributed by atoms with Crippen LogP contribution in [0.25, 0.3) is 0 Å². The summed E-state index contributed by atoms with van der Waals surface area (Å²) in [4.78, 5) is 11.3. The Morgan fingerprint density at radius 2 is 2.05 bits per heavy atom. The SMILES string of the molecule is COC(=O)[C@@H](C)NS(=O)(=O)CC1CCC2(CCOCC2)CO1. The van der Waals surface area contributed by atoms with E-state index in [1.165, 1.54) is 14.0 Å². The molecule has 2 heterocycles. The summed E-state index contributed by atoms with van der Waals surface area (Å²) in [6.07, 6.45) is 3.31. The van der Waals surface area contributed by atoms with Crippen LogP contribution in [0.15, 0.2) is 0 Å². The number of esters is 1. The van der Waals surface area contributed by atoms with Crippen molar-refractivity contribution in [3.8, 4) is 0 Å². The summed E-state index contributed by atoms with van der Waals surface area (Å²) < 4.78 is 42.2. The zero-order chi connectivity index (χ0) is 16.2. The fourth-order valence-electron chi connectivity index (χ4n) is 3.03. The molecule has 2 rings (SSSR count). The molecule has 1 unspecified atom stereocenters. The molecular formula is C14H25NO6S. The van der Waals surface area contributed by atoms with Crippen LogP contribution in [-0.4, -0.2) is 59.2 Å². The van der Waals surface area contributed by atoms with Gasteiger partial charge in [0, 0.05) is 13.2 Å². The minimum absolute atomic E-state index is 0.124. The predicted octanol–water partition coefficient (Wildman–Crippen LogP) is 0.443. The van der Waals surface area contributed by atoms with Crippen molar-refractivity contribution in [2.45, 2.75) is 44.8 Å². The molecular weight excluding hydrogens is 310 g/mol. The summed E-state index contributed by atoms with van der Waals surface area (Å²) in [5.41, 5.74) is 0.158. The van der Waals surface area contributed by atoms with E-state index in [1.807, 2.05) is 0 Å². The second kappa shape index (κ2) is 7.25. The van der Waals surface area contributed by atoms with Gasteiger partial charge in [-0.1, -0.05) is 0 Å². The normalized spacial score (nSPS) is 26.5. The Hall–Kier alpha value is -0.700. The van der Waals surface area contributed by atoms with E-state index in [9.17, 15) is 13.2 Å². The van der Waals surface area contributed by atoms with Gasteiger partial charge in [0.15, 0.2) is 0 Å². The molecule has 7 nitrogen and oxygen atoms in total. The Labute approximate surface area is 131 Å². The summed E-state index contributed by atoms with van der Waals surface area (Å²) in [5.74, 6) is -0.727. The molecule has 0 aromatic carbocycles. The number of sulfonamides is 1. The lowest BCUT2D eigenvalue weighted by Gasteiger charge is -2.42. The number of carbonyl (C=O) groups excluding carboxylic acids is 1. The van der Waals surface area contributed by atoms with E-state index in [0.717, 1.165) is 32.5 Å². The quantitative estimate of drug-likeness (QED) is 0.733. The first-order chi connectivity index (χ1) is 10.4. The van der Waals surface area contributed by atoms with Crippen LogP contribution in [0.1, 0.15) is 32.6 Å². The van der Waals surface area contributed by atoms with Crippen LogP contribution in [0.5, 0.6) is 0 Å². The average Bonchev–Trinajstić information content (AvgIpc) is 2.49. The molecule has 2 atom stereocenters. The van der Waals surface area contributed by atoms with Gasteiger partial charge in [0.2, 0.25) is 10.0 Å². The summed E-state index contributed by atoms with van der Waals surface area (Å²) in [5, 5.41) is 0. The Bertz CT molecular complexity index is 476. The van der Waals surface area contributed by atoms with Gasteiger partial charge in [-0.3, -0.25) is 4.79 Å². The molecule has 0 amide bonds. The topological polar surface area (TPSA) is 90.9 Å². The molecule has 8 heteroatoms. The molecule has 0 bridgehead atoms.